The maximum atomic E-state index is 12.4. The summed E-state index contributed by atoms with van der Waals surface area (Å²) in [7, 11) is -3.32. The van der Waals surface area contributed by atoms with Crippen LogP contribution in [0.25, 0.3) is 0 Å². The van der Waals surface area contributed by atoms with Gasteiger partial charge in [0.1, 0.15) is 4.88 Å². The Morgan fingerprint density at radius 3 is 2.61 bits per heavy atom. The second-order valence-corrected chi connectivity index (χ2v) is 9.95. The van der Waals surface area contributed by atoms with Crippen molar-refractivity contribution < 1.29 is 22.7 Å². The molecule has 0 amide bonds. The number of esters is 1. The number of carbonyl (C=O) groups excluding carboxylic acids is 2. The zero-order chi connectivity index (χ0) is 20.5. The van der Waals surface area contributed by atoms with Gasteiger partial charge in [-0.25, -0.2) is 13.2 Å². The zero-order valence-corrected chi connectivity index (χ0v) is 17.8. The van der Waals surface area contributed by atoms with Gasteiger partial charge in [-0.15, -0.1) is 11.3 Å². The van der Waals surface area contributed by atoms with Crippen molar-refractivity contribution in [2.24, 2.45) is 0 Å². The minimum absolute atomic E-state index is 0.0328. The number of benzene rings is 1. The fourth-order valence-corrected chi connectivity index (χ4v) is 5.41. The van der Waals surface area contributed by atoms with Gasteiger partial charge in [0.25, 0.3) is 0 Å². The van der Waals surface area contributed by atoms with Crippen LogP contribution in [0.4, 0.5) is 5.69 Å². The van der Waals surface area contributed by atoms with Gasteiger partial charge in [0.15, 0.2) is 12.4 Å². The number of sulfonamides is 1. The second kappa shape index (κ2) is 8.05. The summed E-state index contributed by atoms with van der Waals surface area (Å²) in [6.45, 7) is 5.63. The predicted octanol–water partition coefficient (Wildman–Crippen LogP) is 3.37. The largest absolute Gasteiger partial charge is 0.453 e. The Labute approximate surface area is 169 Å². The van der Waals surface area contributed by atoms with E-state index in [0.717, 1.165) is 22.4 Å². The molecule has 0 radical (unpaired) electrons. The van der Waals surface area contributed by atoms with Crippen LogP contribution < -0.4 is 4.31 Å². The highest BCUT2D eigenvalue weighted by Gasteiger charge is 2.28. The molecule has 0 aliphatic carbocycles. The molecule has 0 fully saturated rings. The molecule has 1 aliphatic heterocycles. The molecular weight excluding hydrogens is 398 g/mol. The van der Waals surface area contributed by atoms with Crippen LogP contribution >= 0.6 is 11.3 Å². The lowest BCUT2D eigenvalue weighted by Crippen LogP contribution is -2.30. The van der Waals surface area contributed by atoms with Crippen molar-refractivity contribution in [3.63, 3.8) is 0 Å². The predicted molar refractivity (Wildman–Crippen MR) is 110 cm³/mol. The molecule has 0 spiro atoms. The number of hydrogen-bond donors (Lipinski definition) is 0. The van der Waals surface area contributed by atoms with Gasteiger partial charge >= 0.3 is 5.97 Å². The average molecular weight is 422 g/mol. The van der Waals surface area contributed by atoms with Crippen LogP contribution in [0.5, 0.6) is 0 Å². The van der Waals surface area contributed by atoms with E-state index in [1.165, 1.54) is 15.6 Å². The Morgan fingerprint density at radius 2 is 1.96 bits per heavy atom. The van der Waals surface area contributed by atoms with Crippen LogP contribution in [0, 0.1) is 6.92 Å². The number of rotatable bonds is 7. The van der Waals surface area contributed by atoms with E-state index in [1.807, 2.05) is 13.8 Å². The lowest BCUT2D eigenvalue weighted by Gasteiger charge is -2.18. The van der Waals surface area contributed by atoms with Gasteiger partial charge in [-0.2, -0.15) is 0 Å². The number of Topliss-reactive ketones (excluding diaryl/α,β-unsaturated/α-hetero) is 1. The van der Waals surface area contributed by atoms with Crippen molar-refractivity contribution in [1.82, 2.24) is 0 Å². The minimum Gasteiger partial charge on any atom is -0.453 e. The first-order chi connectivity index (χ1) is 13.3. The third-order valence-corrected chi connectivity index (χ3v) is 7.97. The summed E-state index contributed by atoms with van der Waals surface area (Å²) in [6, 6.07) is 6.72. The van der Waals surface area contributed by atoms with E-state index in [9.17, 15) is 18.0 Å². The summed E-state index contributed by atoms with van der Waals surface area (Å²) in [5, 5.41) is 0. The maximum Gasteiger partial charge on any atom is 0.348 e. The number of ketones is 1. The van der Waals surface area contributed by atoms with Crippen LogP contribution in [-0.2, 0) is 27.6 Å². The highest BCUT2D eigenvalue weighted by Crippen LogP contribution is 2.31. The molecule has 0 bridgehead atoms. The smallest absolute Gasteiger partial charge is 0.348 e. The third kappa shape index (κ3) is 3.98. The Morgan fingerprint density at radius 1 is 1.21 bits per heavy atom. The zero-order valence-electron chi connectivity index (χ0n) is 16.1. The van der Waals surface area contributed by atoms with Gasteiger partial charge in [-0.05, 0) is 62.1 Å². The van der Waals surface area contributed by atoms with Gasteiger partial charge in [0.2, 0.25) is 10.0 Å². The van der Waals surface area contributed by atoms with Crippen LogP contribution in [0.2, 0.25) is 0 Å². The number of nitrogens with zero attached hydrogens (tertiary/aromatic N) is 1. The molecule has 0 saturated heterocycles. The SMILES string of the molecule is CCc1sc(C(=O)OCC(=O)c2ccc3c(c2)CCN3S(=O)(=O)CC)cc1C. The Hall–Kier alpha value is -2.19. The minimum atomic E-state index is -3.32. The highest BCUT2D eigenvalue weighted by atomic mass is 32.2. The van der Waals surface area contributed by atoms with E-state index >= 15 is 0 Å². The van der Waals surface area contributed by atoms with E-state index < -0.39 is 16.0 Å². The fraction of sp³-hybridized carbons (Fsp3) is 0.400. The highest BCUT2D eigenvalue weighted by molar-refractivity contribution is 7.92. The first-order valence-corrected chi connectivity index (χ1v) is 11.6. The molecule has 0 N–H and O–H groups in total. The van der Waals surface area contributed by atoms with Crippen molar-refractivity contribution in [3.8, 4) is 0 Å². The number of hydrogen-bond acceptors (Lipinski definition) is 6. The first kappa shape index (κ1) is 20.5. The molecule has 3 rings (SSSR count). The van der Waals surface area contributed by atoms with Gasteiger partial charge in [-0.3, -0.25) is 9.10 Å². The van der Waals surface area contributed by atoms with Crippen molar-refractivity contribution in [1.29, 1.82) is 0 Å². The van der Waals surface area contributed by atoms with Gasteiger partial charge in [0.05, 0.1) is 11.4 Å². The molecule has 28 heavy (non-hydrogen) atoms. The quantitative estimate of drug-likeness (QED) is 0.506. The van der Waals surface area contributed by atoms with E-state index in [4.69, 9.17) is 4.74 Å². The number of ether oxygens (including phenoxy) is 1. The summed E-state index contributed by atoms with van der Waals surface area (Å²) in [5.41, 5.74) is 2.90. The summed E-state index contributed by atoms with van der Waals surface area (Å²) >= 11 is 1.39. The first-order valence-electron chi connectivity index (χ1n) is 9.19. The lowest BCUT2D eigenvalue weighted by atomic mass is 10.1. The average Bonchev–Trinajstić information content (AvgIpc) is 3.28. The summed E-state index contributed by atoms with van der Waals surface area (Å²) < 4.78 is 30.9. The van der Waals surface area contributed by atoms with Gasteiger partial charge in [0, 0.05) is 17.0 Å². The second-order valence-electron chi connectivity index (χ2n) is 6.64. The summed E-state index contributed by atoms with van der Waals surface area (Å²) in [4.78, 5) is 26.3. The number of thiophene rings is 1. The Kier molecular flexibility index (Phi) is 5.90. The molecule has 2 aromatic rings. The van der Waals surface area contributed by atoms with E-state index in [2.05, 4.69) is 0 Å². The van der Waals surface area contributed by atoms with Crippen LogP contribution in [0.3, 0.4) is 0 Å². The van der Waals surface area contributed by atoms with E-state index in [-0.39, 0.29) is 18.1 Å². The normalized spacial score (nSPS) is 13.5. The molecule has 6 nitrogen and oxygen atoms in total. The summed E-state index contributed by atoms with van der Waals surface area (Å²) in [6.07, 6.45) is 1.41. The number of carbonyl (C=O) groups is 2. The molecule has 8 heteroatoms. The van der Waals surface area contributed by atoms with E-state index in [0.29, 0.717) is 29.1 Å². The van der Waals surface area contributed by atoms with Crippen LogP contribution in [0.15, 0.2) is 24.3 Å². The van der Waals surface area contributed by atoms with E-state index in [1.54, 1.807) is 31.2 Å². The fourth-order valence-electron chi connectivity index (χ4n) is 3.25. The van der Waals surface area contributed by atoms with Gasteiger partial charge in [-0.1, -0.05) is 6.92 Å². The standard InChI is InChI=1S/C20H23NO5S2/c1-4-18-13(3)10-19(27-18)20(23)26-12-17(22)15-6-7-16-14(11-15)8-9-21(16)28(24,25)5-2/h6-7,10-11H,4-5,8-9,12H2,1-3H3. The molecule has 2 heterocycles. The van der Waals surface area contributed by atoms with Crippen molar-refractivity contribution >= 4 is 38.8 Å². The molecule has 0 atom stereocenters. The van der Waals surface area contributed by atoms with Crippen molar-refractivity contribution in [3.05, 3.63) is 50.7 Å². The van der Waals surface area contributed by atoms with Crippen LogP contribution in [0.1, 0.15) is 49.9 Å². The number of fused-ring (bicyclic) bond motifs is 1. The van der Waals surface area contributed by atoms with Crippen LogP contribution in [-0.4, -0.2) is 39.1 Å². The topological polar surface area (TPSA) is 80.8 Å². The number of anilines is 1. The molecule has 1 aromatic heterocycles. The Balaban J connectivity index is 1.68. The summed E-state index contributed by atoms with van der Waals surface area (Å²) in [5.74, 6) is -0.773. The number of aryl methyl sites for hydroxylation is 2. The monoisotopic (exact) mass is 421 g/mol. The van der Waals surface area contributed by atoms with Gasteiger partial charge < -0.3 is 4.74 Å². The molecule has 150 valence electrons. The third-order valence-electron chi connectivity index (χ3n) is 4.83. The molecule has 1 aliphatic rings. The molecule has 0 saturated carbocycles. The van der Waals surface area contributed by atoms with Crippen molar-refractivity contribution in [2.75, 3.05) is 23.2 Å². The maximum absolute atomic E-state index is 12.4. The Bertz CT molecular complexity index is 1020. The molecule has 1 aromatic carbocycles. The lowest BCUT2D eigenvalue weighted by molar-refractivity contribution is 0.0479. The molecular formula is C20H23NO5S2. The van der Waals surface area contributed by atoms with Crippen molar-refractivity contribution in [2.45, 2.75) is 33.6 Å². The molecule has 0 unspecified atom stereocenters.